The highest BCUT2D eigenvalue weighted by Crippen LogP contribution is 2.19. The van der Waals surface area contributed by atoms with Gasteiger partial charge in [0.2, 0.25) is 5.91 Å². The minimum absolute atomic E-state index is 0.288. The van der Waals surface area contributed by atoms with E-state index in [4.69, 9.17) is 10.3 Å². The Morgan fingerprint density at radius 3 is 2.16 bits per heavy atom. The summed E-state index contributed by atoms with van der Waals surface area (Å²) in [5.74, 6) is -0.756. The Balaban J connectivity index is 4.73. The Labute approximate surface area is 115 Å². The lowest BCUT2D eigenvalue weighted by atomic mass is 10.0. The van der Waals surface area contributed by atoms with Crippen molar-refractivity contribution in [2.45, 2.75) is 39.0 Å². The maximum atomic E-state index is 11.5. The van der Waals surface area contributed by atoms with Crippen molar-refractivity contribution in [3.8, 4) is 0 Å². The van der Waals surface area contributed by atoms with Gasteiger partial charge in [0.1, 0.15) is 0 Å². The van der Waals surface area contributed by atoms with Crippen molar-refractivity contribution in [1.29, 1.82) is 0 Å². The summed E-state index contributed by atoms with van der Waals surface area (Å²) < 4.78 is 29.8. The highest BCUT2D eigenvalue weighted by atomic mass is 32.2. The first kappa shape index (κ1) is 17.9. The molecule has 0 saturated heterocycles. The van der Waals surface area contributed by atoms with E-state index in [-0.39, 0.29) is 5.75 Å². The first-order chi connectivity index (χ1) is 8.69. The molecule has 19 heavy (non-hydrogen) atoms. The molecule has 6 nitrogen and oxygen atoms in total. The highest BCUT2D eigenvalue weighted by Gasteiger charge is 2.14. The minimum atomic E-state index is -3.93. The van der Waals surface area contributed by atoms with Crippen LogP contribution in [0.3, 0.4) is 0 Å². The number of hydrogen-bond acceptors (Lipinski definition) is 4. The van der Waals surface area contributed by atoms with E-state index in [1.54, 1.807) is 0 Å². The third-order valence-corrected chi connectivity index (χ3v) is 3.56. The van der Waals surface area contributed by atoms with Crippen LogP contribution in [-0.4, -0.2) is 43.6 Å². The van der Waals surface area contributed by atoms with Crippen LogP contribution in [0.4, 0.5) is 0 Å². The van der Waals surface area contributed by atoms with Crippen LogP contribution in [0.1, 0.15) is 39.0 Å². The number of allylic oxidation sites excluding steroid dienone is 1. The van der Waals surface area contributed by atoms with E-state index in [1.807, 2.05) is 25.9 Å². The van der Waals surface area contributed by atoms with Crippen LogP contribution < -0.4 is 5.73 Å². The van der Waals surface area contributed by atoms with Crippen molar-refractivity contribution in [3.63, 3.8) is 0 Å². The molecule has 0 atom stereocenters. The third kappa shape index (κ3) is 7.84. The van der Waals surface area contributed by atoms with Crippen LogP contribution >= 0.6 is 0 Å². The molecule has 0 saturated carbocycles. The zero-order valence-electron chi connectivity index (χ0n) is 11.8. The average Bonchev–Trinajstić information content (AvgIpc) is 2.24. The average molecular weight is 292 g/mol. The SMILES string of the molecule is CCCC(=C(CCCCS(=O)(=O)O)C(N)=O)N(C)C. The lowest BCUT2D eigenvalue weighted by Crippen LogP contribution is -2.22. The first-order valence-electron chi connectivity index (χ1n) is 6.33. The molecule has 0 aromatic heterocycles. The van der Waals surface area contributed by atoms with Crippen molar-refractivity contribution in [2.75, 3.05) is 19.8 Å². The van der Waals surface area contributed by atoms with E-state index in [2.05, 4.69) is 0 Å². The molecule has 0 aliphatic heterocycles. The molecule has 0 unspecified atom stereocenters. The van der Waals surface area contributed by atoms with Gasteiger partial charge in [0.05, 0.1) is 5.75 Å². The monoisotopic (exact) mass is 292 g/mol. The van der Waals surface area contributed by atoms with Gasteiger partial charge in [0, 0.05) is 25.4 Å². The predicted molar refractivity (Wildman–Crippen MR) is 75.1 cm³/mol. The molecule has 3 N–H and O–H groups in total. The van der Waals surface area contributed by atoms with Crippen LogP contribution in [0.25, 0.3) is 0 Å². The molecule has 1 amide bonds. The largest absolute Gasteiger partial charge is 0.381 e. The predicted octanol–water partition coefficient (Wildman–Crippen LogP) is 1.15. The quantitative estimate of drug-likeness (QED) is 0.377. The van der Waals surface area contributed by atoms with Gasteiger partial charge in [-0.3, -0.25) is 9.35 Å². The van der Waals surface area contributed by atoms with Gasteiger partial charge in [-0.25, -0.2) is 0 Å². The highest BCUT2D eigenvalue weighted by molar-refractivity contribution is 7.85. The fourth-order valence-electron chi connectivity index (χ4n) is 1.88. The molecule has 0 aliphatic carbocycles. The van der Waals surface area contributed by atoms with Gasteiger partial charge in [-0.1, -0.05) is 13.3 Å². The van der Waals surface area contributed by atoms with Gasteiger partial charge in [-0.15, -0.1) is 0 Å². The van der Waals surface area contributed by atoms with Crippen molar-refractivity contribution < 1.29 is 17.8 Å². The van der Waals surface area contributed by atoms with E-state index in [1.165, 1.54) is 0 Å². The molecule has 112 valence electrons. The lowest BCUT2D eigenvalue weighted by Gasteiger charge is -2.20. The second kappa shape index (κ2) is 8.16. The molecular formula is C12H24N2O4S. The summed E-state index contributed by atoms with van der Waals surface area (Å²) in [5, 5.41) is 0. The fourth-order valence-corrected chi connectivity index (χ4v) is 2.45. The molecular weight excluding hydrogens is 268 g/mol. The van der Waals surface area contributed by atoms with Gasteiger partial charge < -0.3 is 10.6 Å². The summed E-state index contributed by atoms with van der Waals surface area (Å²) in [6.45, 7) is 2.01. The number of nitrogens with zero attached hydrogens (tertiary/aromatic N) is 1. The number of hydrogen-bond donors (Lipinski definition) is 2. The number of primary amides is 1. The normalized spacial score (nSPS) is 13.1. The van der Waals surface area contributed by atoms with Crippen molar-refractivity contribution in [1.82, 2.24) is 4.90 Å². The van der Waals surface area contributed by atoms with Crippen LogP contribution in [0, 0.1) is 0 Å². The summed E-state index contributed by atoms with van der Waals surface area (Å²) >= 11 is 0. The van der Waals surface area contributed by atoms with Crippen LogP contribution in [-0.2, 0) is 14.9 Å². The number of carbonyl (C=O) groups excluding carboxylic acids is 1. The number of rotatable bonds is 9. The van der Waals surface area contributed by atoms with Gasteiger partial charge in [0.25, 0.3) is 10.1 Å². The summed E-state index contributed by atoms with van der Waals surface area (Å²) in [5.41, 5.74) is 6.82. The van der Waals surface area contributed by atoms with Gasteiger partial charge in [0.15, 0.2) is 0 Å². The molecule has 0 fully saturated rings. The Morgan fingerprint density at radius 1 is 1.21 bits per heavy atom. The van der Waals surface area contributed by atoms with Gasteiger partial charge in [-0.05, 0) is 25.7 Å². The number of amides is 1. The van der Waals surface area contributed by atoms with Crippen molar-refractivity contribution >= 4 is 16.0 Å². The molecule has 0 bridgehead atoms. The van der Waals surface area contributed by atoms with Crippen molar-refractivity contribution in [2.24, 2.45) is 5.73 Å². The Hall–Kier alpha value is -1.08. The molecule has 0 spiro atoms. The smallest absolute Gasteiger partial charge is 0.264 e. The molecule has 0 aliphatic rings. The summed E-state index contributed by atoms with van der Waals surface area (Å²) in [6.07, 6.45) is 2.89. The standard InChI is InChI=1S/C12H24N2O4S/c1-4-7-11(14(2)3)10(12(13)15)8-5-6-9-19(16,17)18/h4-9H2,1-3H3,(H2,13,15)(H,16,17,18). The van der Waals surface area contributed by atoms with Crippen LogP contribution in [0.2, 0.25) is 0 Å². The molecule has 0 heterocycles. The molecule has 0 aromatic rings. The molecule has 0 radical (unpaired) electrons. The summed E-state index contributed by atoms with van der Waals surface area (Å²) in [6, 6.07) is 0. The Kier molecular flexibility index (Phi) is 7.70. The Morgan fingerprint density at radius 2 is 1.79 bits per heavy atom. The van der Waals surface area contributed by atoms with E-state index in [0.29, 0.717) is 24.8 Å². The zero-order chi connectivity index (χ0) is 15.1. The molecule has 0 aromatic carbocycles. The summed E-state index contributed by atoms with van der Waals surface area (Å²) in [7, 11) is -0.225. The second-order valence-corrected chi connectivity index (χ2v) is 6.25. The maximum Gasteiger partial charge on any atom is 0.264 e. The first-order valence-corrected chi connectivity index (χ1v) is 7.94. The van der Waals surface area contributed by atoms with Gasteiger partial charge in [-0.2, -0.15) is 8.42 Å². The van der Waals surface area contributed by atoms with Crippen LogP contribution in [0.15, 0.2) is 11.3 Å². The fraction of sp³-hybridized carbons (Fsp3) is 0.750. The van der Waals surface area contributed by atoms with Crippen LogP contribution in [0.5, 0.6) is 0 Å². The minimum Gasteiger partial charge on any atom is -0.381 e. The third-order valence-electron chi connectivity index (χ3n) is 2.75. The van der Waals surface area contributed by atoms with Crippen molar-refractivity contribution in [3.05, 3.63) is 11.3 Å². The molecule has 0 rings (SSSR count). The molecule has 7 heteroatoms. The van der Waals surface area contributed by atoms with E-state index < -0.39 is 16.0 Å². The number of nitrogens with two attached hydrogens (primary N) is 1. The topological polar surface area (TPSA) is 101 Å². The summed E-state index contributed by atoms with van der Waals surface area (Å²) in [4.78, 5) is 13.3. The maximum absolute atomic E-state index is 11.5. The van der Waals surface area contributed by atoms with Gasteiger partial charge >= 0.3 is 0 Å². The zero-order valence-corrected chi connectivity index (χ0v) is 12.7. The second-order valence-electron chi connectivity index (χ2n) is 4.68. The lowest BCUT2D eigenvalue weighted by molar-refractivity contribution is -0.114. The number of unbranched alkanes of at least 4 members (excludes halogenated alkanes) is 1. The Bertz CT molecular complexity index is 427. The van der Waals surface area contributed by atoms with E-state index in [0.717, 1.165) is 18.5 Å². The van der Waals surface area contributed by atoms with E-state index >= 15 is 0 Å². The number of carbonyl (C=O) groups is 1. The van der Waals surface area contributed by atoms with E-state index in [9.17, 15) is 13.2 Å².